The van der Waals surface area contributed by atoms with Crippen molar-refractivity contribution in [1.82, 2.24) is 15.6 Å². The molecule has 0 spiro atoms. The highest BCUT2D eigenvalue weighted by atomic mass is 19.4. The molecule has 0 bridgehead atoms. The SMILES string of the molecule is C[C@@H](O)CNCc1cc(OC2CCNCC2)nc(C(F)(F)F)c1. The van der Waals surface area contributed by atoms with Crippen LogP contribution in [0, 0.1) is 0 Å². The van der Waals surface area contributed by atoms with Crippen LogP contribution in [0.4, 0.5) is 13.2 Å². The zero-order valence-electron chi connectivity index (χ0n) is 13.0. The number of halogens is 3. The third-order valence-corrected chi connectivity index (χ3v) is 3.49. The number of hydrogen-bond donors (Lipinski definition) is 3. The molecule has 1 aromatic rings. The van der Waals surface area contributed by atoms with Crippen molar-refractivity contribution in [3.8, 4) is 5.88 Å². The minimum atomic E-state index is -4.52. The van der Waals surface area contributed by atoms with Crippen molar-refractivity contribution in [2.45, 2.75) is 44.7 Å². The highest BCUT2D eigenvalue weighted by Crippen LogP contribution is 2.30. The molecule has 0 unspecified atom stereocenters. The molecule has 1 fully saturated rings. The van der Waals surface area contributed by atoms with Gasteiger partial charge < -0.3 is 20.5 Å². The van der Waals surface area contributed by atoms with Crippen LogP contribution >= 0.6 is 0 Å². The summed E-state index contributed by atoms with van der Waals surface area (Å²) in [7, 11) is 0. The standard InChI is InChI=1S/C15H22F3N3O2/c1-10(22)8-20-9-11-6-13(15(16,17)18)21-14(7-11)23-12-2-4-19-5-3-12/h6-7,10,12,19-20,22H,2-5,8-9H2,1H3/t10-/m1/s1. The summed E-state index contributed by atoms with van der Waals surface area (Å²) < 4.78 is 44.6. The van der Waals surface area contributed by atoms with E-state index in [2.05, 4.69) is 15.6 Å². The summed E-state index contributed by atoms with van der Waals surface area (Å²) in [5.74, 6) is 0.000530. The number of piperidine rings is 1. The number of nitrogens with one attached hydrogen (secondary N) is 2. The summed E-state index contributed by atoms with van der Waals surface area (Å²) in [5.41, 5.74) is -0.533. The molecule has 8 heteroatoms. The Kier molecular flexibility index (Phi) is 6.20. The Morgan fingerprint density at radius 3 is 2.70 bits per heavy atom. The van der Waals surface area contributed by atoms with Gasteiger partial charge in [0.1, 0.15) is 11.8 Å². The van der Waals surface area contributed by atoms with Gasteiger partial charge in [-0.2, -0.15) is 13.2 Å². The van der Waals surface area contributed by atoms with Crippen molar-refractivity contribution in [2.75, 3.05) is 19.6 Å². The minimum absolute atomic E-state index is 0.000530. The fraction of sp³-hybridized carbons (Fsp3) is 0.667. The van der Waals surface area contributed by atoms with Gasteiger partial charge in [-0.15, -0.1) is 0 Å². The van der Waals surface area contributed by atoms with Crippen molar-refractivity contribution in [1.29, 1.82) is 0 Å². The minimum Gasteiger partial charge on any atom is -0.474 e. The molecule has 1 saturated heterocycles. The van der Waals surface area contributed by atoms with Crippen LogP contribution in [0.1, 0.15) is 31.0 Å². The van der Waals surface area contributed by atoms with Crippen molar-refractivity contribution < 1.29 is 23.0 Å². The lowest BCUT2D eigenvalue weighted by atomic mass is 10.1. The third-order valence-electron chi connectivity index (χ3n) is 3.49. The fourth-order valence-electron chi connectivity index (χ4n) is 2.38. The molecule has 130 valence electrons. The second kappa shape index (κ2) is 7.94. The summed E-state index contributed by atoms with van der Waals surface area (Å²) in [4.78, 5) is 3.60. The van der Waals surface area contributed by atoms with Crippen LogP contribution in [0.3, 0.4) is 0 Å². The molecule has 23 heavy (non-hydrogen) atoms. The molecule has 0 saturated carbocycles. The summed E-state index contributed by atoms with van der Waals surface area (Å²) in [5, 5.41) is 15.3. The second-order valence-corrected chi connectivity index (χ2v) is 5.74. The molecule has 0 amide bonds. The Bertz CT molecular complexity index is 503. The summed E-state index contributed by atoms with van der Waals surface area (Å²) in [6.07, 6.45) is -3.72. The van der Waals surface area contributed by atoms with Gasteiger partial charge >= 0.3 is 6.18 Å². The van der Waals surface area contributed by atoms with Gasteiger partial charge in [-0.25, -0.2) is 4.98 Å². The van der Waals surface area contributed by atoms with Crippen molar-refractivity contribution in [2.24, 2.45) is 0 Å². The van der Waals surface area contributed by atoms with E-state index in [4.69, 9.17) is 4.74 Å². The molecule has 0 aromatic carbocycles. The molecular formula is C15H22F3N3O2. The lowest BCUT2D eigenvalue weighted by Gasteiger charge is -2.24. The number of ether oxygens (including phenoxy) is 1. The van der Waals surface area contributed by atoms with Crippen LogP contribution in [0.15, 0.2) is 12.1 Å². The lowest BCUT2D eigenvalue weighted by Crippen LogP contribution is -2.34. The van der Waals surface area contributed by atoms with Crippen LogP contribution in [-0.2, 0) is 12.7 Å². The Labute approximate surface area is 133 Å². The van der Waals surface area contributed by atoms with E-state index >= 15 is 0 Å². The number of pyridine rings is 1. The number of aliphatic hydroxyl groups excluding tert-OH is 1. The van der Waals surface area contributed by atoms with Crippen molar-refractivity contribution in [3.63, 3.8) is 0 Å². The van der Waals surface area contributed by atoms with E-state index in [1.54, 1.807) is 6.92 Å². The molecule has 5 nitrogen and oxygen atoms in total. The largest absolute Gasteiger partial charge is 0.474 e. The van der Waals surface area contributed by atoms with E-state index in [0.29, 0.717) is 12.1 Å². The Morgan fingerprint density at radius 2 is 2.09 bits per heavy atom. The van der Waals surface area contributed by atoms with Crippen LogP contribution in [-0.4, -0.2) is 41.9 Å². The Balaban J connectivity index is 2.12. The van der Waals surface area contributed by atoms with E-state index in [9.17, 15) is 18.3 Å². The van der Waals surface area contributed by atoms with Gasteiger partial charge in [-0.3, -0.25) is 0 Å². The molecule has 1 aliphatic rings. The van der Waals surface area contributed by atoms with Crippen LogP contribution in [0.25, 0.3) is 0 Å². The average molecular weight is 333 g/mol. The monoisotopic (exact) mass is 333 g/mol. The third kappa shape index (κ3) is 5.96. The highest BCUT2D eigenvalue weighted by molar-refractivity contribution is 5.27. The van der Waals surface area contributed by atoms with Crippen LogP contribution < -0.4 is 15.4 Å². The summed E-state index contributed by atoms with van der Waals surface area (Å²) in [6, 6.07) is 2.52. The first-order valence-corrected chi connectivity index (χ1v) is 7.69. The average Bonchev–Trinajstić information content (AvgIpc) is 2.47. The smallest absolute Gasteiger partial charge is 0.433 e. The van der Waals surface area contributed by atoms with Crippen molar-refractivity contribution >= 4 is 0 Å². The Morgan fingerprint density at radius 1 is 1.39 bits per heavy atom. The summed E-state index contributed by atoms with van der Waals surface area (Å²) in [6.45, 7) is 3.68. The predicted octanol–water partition coefficient (Wildman–Crippen LogP) is 1.70. The first kappa shape index (κ1) is 18.0. The predicted molar refractivity (Wildman–Crippen MR) is 79.1 cm³/mol. The van der Waals surface area contributed by atoms with Crippen LogP contribution in [0.5, 0.6) is 5.88 Å². The lowest BCUT2D eigenvalue weighted by molar-refractivity contribution is -0.141. The maximum atomic E-state index is 13.0. The molecular weight excluding hydrogens is 311 g/mol. The molecule has 1 aliphatic heterocycles. The molecule has 2 rings (SSSR count). The molecule has 1 atom stereocenters. The molecule has 0 aliphatic carbocycles. The first-order chi connectivity index (χ1) is 10.8. The van der Waals surface area contributed by atoms with Gasteiger partial charge in [0.25, 0.3) is 0 Å². The van der Waals surface area contributed by atoms with Gasteiger partial charge in [-0.1, -0.05) is 0 Å². The van der Waals surface area contributed by atoms with E-state index in [1.165, 1.54) is 6.07 Å². The number of alkyl halides is 3. The number of hydrogen-bond acceptors (Lipinski definition) is 5. The van der Waals surface area contributed by atoms with Gasteiger partial charge in [-0.05, 0) is 44.5 Å². The molecule has 2 heterocycles. The van der Waals surface area contributed by atoms with E-state index in [-0.39, 0.29) is 18.5 Å². The first-order valence-electron chi connectivity index (χ1n) is 7.69. The summed E-state index contributed by atoms with van der Waals surface area (Å²) >= 11 is 0. The quantitative estimate of drug-likeness (QED) is 0.739. The number of rotatable bonds is 6. The molecule has 3 N–H and O–H groups in total. The maximum absolute atomic E-state index is 13.0. The van der Waals surface area contributed by atoms with Crippen molar-refractivity contribution in [3.05, 3.63) is 23.4 Å². The number of nitrogens with zero attached hydrogens (tertiary/aromatic N) is 1. The number of aromatic nitrogens is 1. The molecule has 1 aromatic heterocycles. The van der Waals surface area contributed by atoms with E-state index in [1.807, 2.05) is 0 Å². The van der Waals surface area contributed by atoms with Gasteiger partial charge in [0.2, 0.25) is 5.88 Å². The number of aliphatic hydroxyl groups is 1. The normalized spacial score (nSPS) is 18.0. The van der Waals surface area contributed by atoms with Crippen LogP contribution in [0.2, 0.25) is 0 Å². The van der Waals surface area contributed by atoms with Gasteiger partial charge in [0, 0.05) is 19.2 Å². The zero-order valence-corrected chi connectivity index (χ0v) is 13.0. The Hall–Kier alpha value is -1.38. The molecule has 0 radical (unpaired) electrons. The second-order valence-electron chi connectivity index (χ2n) is 5.74. The highest BCUT2D eigenvalue weighted by Gasteiger charge is 2.33. The fourth-order valence-corrected chi connectivity index (χ4v) is 2.38. The van der Waals surface area contributed by atoms with E-state index < -0.39 is 18.0 Å². The topological polar surface area (TPSA) is 66.4 Å². The zero-order chi connectivity index (χ0) is 16.9. The maximum Gasteiger partial charge on any atom is 0.433 e. The van der Waals surface area contributed by atoms with Gasteiger partial charge in [0.05, 0.1) is 6.10 Å². The van der Waals surface area contributed by atoms with Gasteiger partial charge in [0.15, 0.2) is 0 Å². The van der Waals surface area contributed by atoms with E-state index in [0.717, 1.165) is 32.0 Å².